The third-order valence-electron chi connectivity index (χ3n) is 4.23. The van der Waals surface area contributed by atoms with Crippen LogP contribution in [0.5, 0.6) is 0 Å². The van der Waals surface area contributed by atoms with E-state index in [1.807, 2.05) is 18.2 Å². The highest BCUT2D eigenvalue weighted by atomic mass is 35.5. The van der Waals surface area contributed by atoms with Gasteiger partial charge >= 0.3 is 0 Å². The average molecular weight is 391 g/mol. The lowest BCUT2D eigenvalue weighted by Gasteiger charge is -2.14. The molecule has 2 N–H and O–H groups in total. The molecule has 1 aliphatic heterocycles. The zero-order chi connectivity index (χ0) is 16.4. The molecule has 1 fully saturated rings. The van der Waals surface area contributed by atoms with Crippen molar-refractivity contribution >= 4 is 41.8 Å². The molecule has 0 saturated carbocycles. The molecule has 8 heteroatoms. The number of fused-ring (bicyclic) bond motifs is 1. The number of benzene rings is 1. The fourth-order valence-electron chi connectivity index (χ4n) is 3.16. The molecule has 0 radical (unpaired) electrons. The number of halogens is 3. The number of aromatic nitrogens is 2. The Morgan fingerprint density at radius 2 is 2.12 bits per heavy atom. The second-order valence-corrected chi connectivity index (χ2v) is 6.32. The monoisotopic (exact) mass is 390 g/mol. The zero-order valence-corrected chi connectivity index (χ0v) is 16.0. The van der Waals surface area contributed by atoms with Gasteiger partial charge in [-0.2, -0.15) is 0 Å². The number of rotatable bonds is 5. The predicted octanol–water partition coefficient (Wildman–Crippen LogP) is 2.82. The number of hydrogen-bond acceptors (Lipinski definition) is 3. The van der Waals surface area contributed by atoms with Crippen LogP contribution in [0.15, 0.2) is 24.3 Å². The van der Waals surface area contributed by atoms with Crippen molar-refractivity contribution in [2.24, 2.45) is 0 Å². The van der Waals surface area contributed by atoms with Crippen LogP contribution in [-0.4, -0.2) is 40.8 Å². The molecule has 3 rings (SSSR count). The Kier molecular flexibility index (Phi) is 8.12. The van der Waals surface area contributed by atoms with Gasteiger partial charge in [-0.05, 0) is 26.0 Å². The lowest BCUT2D eigenvalue weighted by atomic mass is 10.2. The first-order valence-electron chi connectivity index (χ1n) is 8.17. The van der Waals surface area contributed by atoms with E-state index in [1.165, 1.54) is 0 Å². The van der Waals surface area contributed by atoms with Crippen LogP contribution >= 0.6 is 24.8 Å². The number of amides is 1. The van der Waals surface area contributed by atoms with Crippen molar-refractivity contribution in [1.82, 2.24) is 20.2 Å². The first kappa shape index (κ1) is 21.7. The van der Waals surface area contributed by atoms with Crippen LogP contribution in [0, 0.1) is 0 Å². The maximum absolute atomic E-state index is 13.1. The Morgan fingerprint density at radius 1 is 1.40 bits per heavy atom. The Balaban J connectivity index is 0.00000156. The van der Waals surface area contributed by atoms with E-state index in [9.17, 15) is 9.18 Å². The van der Waals surface area contributed by atoms with Gasteiger partial charge in [0.1, 0.15) is 12.0 Å². The van der Waals surface area contributed by atoms with E-state index in [0.717, 1.165) is 16.9 Å². The molecule has 5 nitrogen and oxygen atoms in total. The maximum Gasteiger partial charge on any atom is 0.237 e. The van der Waals surface area contributed by atoms with Crippen molar-refractivity contribution in [2.75, 3.05) is 13.1 Å². The number of nitrogens with one attached hydrogen (secondary N) is 2. The minimum atomic E-state index is -0.920. The van der Waals surface area contributed by atoms with Gasteiger partial charge in [0.15, 0.2) is 0 Å². The Hall–Kier alpha value is -1.37. The van der Waals surface area contributed by atoms with E-state index in [1.54, 1.807) is 0 Å². The number of para-hydroxylation sites is 2. The molecule has 140 valence electrons. The van der Waals surface area contributed by atoms with E-state index in [-0.39, 0.29) is 43.7 Å². The minimum absolute atomic E-state index is 0. The Morgan fingerprint density at radius 3 is 2.76 bits per heavy atom. The topological polar surface area (TPSA) is 59.0 Å². The van der Waals surface area contributed by atoms with Crippen LogP contribution < -0.4 is 10.6 Å². The van der Waals surface area contributed by atoms with Crippen molar-refractivity contribution in [3.8, 4) is 0 Å². The lowest BCUT2D eigenvalue weighted by Crippen LogP contribution is -2.41. The second kappa shape index (κ2) is 9.36. The largest absolute Gasteiger partial charge is 0.354 e. The number of alkyl halides is 1. The summed E-state index contributed by atoms with van der Waals surface area (Å²) in [6, 6.07) is 7.94. The van der Waals surface area contributed by atoms with E-state index >= 15 is 0 Å². The zero-order valence-electron chi connectivity index (χ0n) is 14.4. The SMILES string of the molecule is CC(C)n1c(CCNC(=O)[C@H]2C[C@H](F)CN2)nc2ccccc21.Cl.Cl. The van der Waals surface area contributed by atoms with Gasteiger partial charge in [0.2, 0.25) is 5.91 Å². The molecule has 0 spiro atoms. The van der Waals surface area contributed by atoms with Gasteiger partial charge in [0.05, 0.1) is 17.1 Å². The molecule has 2 aromatic rings. The van der Waals surface area contributed by atoms with Crippen LogP contribution in [0.3, 0.4) is 0 Å². The number of imidazole rings is 1. The van der Waals surface area contributed by atoms with E-state index in [4.69, 9.17) is 0 Å². The summed E-state index contributed by atoms with van der Waals surface area (Å²) >= 11 is 0. The highest BCUT2D eigenvalue weighted by Crippen LogP contribution is 2.21. The standard InChI is InChI=1S/C17H23FN4O.2ClH/c1-11(2)22-15-6-4-3-5-13(15)21-16(22)7-8-19-17(23)14-9-12(18)10-20-14;;/h3-6,11-12,14,20H,7-10H2,1-2H3,(H,19,23);2*1H/t12-,14+;;/m0../s1. The van der Waals surface area contributed by atoms with Crippen molar-refractivity contribution in [3.63, 3.8) is 0 Å². The summed E-state index contributed by atoms with van der Waals surface area (Å²) < 4.78 is 15.3. The molecule has 0 unspecified atom stereocenters. The molecular weight excluding hydrogens is 366 g/mol. The first-order valence-corrected chi connectivity index (χ1v) is 8.17. The molecule has 1 saturated heterocycles. The van der Waals surface area contributed by atoms with E-state index in [0.29, 0.717) is 19.0 Å². The molecule has 1 amide bonds. The predicted molar refractivity (Wildman–Crippen MR) is 103 cm³/mol. The highest BCUT2D eigenvalue weighted by molar-refractivity contribution is 5.85. The molecule has 0 aliphatic carbocycles. The molecule has 0 bridgehead atoms. The maximum atomic E-state index is 13.1. The van der Waals surface area contributed by atoms with Gasteiger partial charge < -0.3 is 15.2 Å². The van der Waals surface area contributed by atoms with Gasteiger partial charge in [-0.25, -0.2) is 9.37 Å². The van der Waals surface area contributed by atoms with Crippen LogP contribution in [0.25, 0.3) is 11.0 Å². The summed E-state index contributed by atoms with van der Waals surface area (Å²) in [5.41, 5.74) is 2.09. The van der Waals surface area contributed by atoms with Crippen molar-refractivity contribution in [3.05, 3.63) is 30.1 Å². The highest BCUT2D eigenvalue weighted by Gasteiger charge is 2.28. The number of nitrogens with zero attached hydrogens (tertiary/aromatic N) is 2. The molecule has 2 atom stereocenters. The fraction of sp³-hybridized carbons (Fsp3) is 0.529. The third-order valence-corrected chi connectivity index (χ3v) is 4.23. The van der Waals surface area contributed by atoms with Crippen molar-refractivity contribution in [2.45, 2.75) is 44.9 Å². The van der Waals surface area contributed by atoms with E-state index in [2.05, 4.69) is 40.1 Å². The average Bonchev–Trinajstić information content (AvgIpc) is 3.10. The summed E-state index contributed by atoms with van der Waals surface area (Å²) in [5.74, 6) is 0.835. The van der Waals surface area contributed by atoms with Crippen LogP contribution in [-0.2, 0) is 11.2 Å². The molecule has 2 heterocycles. The lowest BCUT2D eigenvalue weighted by molar-refractivity contribution is -0.122. The summed E-state index contributed by atoms with van der Waals surface area (Å²) in [6.45, 7) is 5.02. The Bertz CT molecular complexity index is 707. The van der Waals surface area contributed by atoms with Crippen molar-refractivity contribution < 1.29 is 9.18 Å². The fourth-order valence-corrected chi connectivity index (χ4v) is 3.16. The first-order chi connectivity index (χ1) is 11.1. The van der Waals surface area contributed by atoms with Gasteiger partial charge in [-0.3, -0.25) is 4.79 Å². The molecule has 1 aromatic heterocycles. The van der Waals surface area contributed by atoms with Crippen LogP contribution in [0.1, 0.15) is 32.1 Å². The minimum Gasteiger partial charge on any atom is -0.354 e. The second-order valence-electron chi connectivity index (χ2n) is 6.32. The Labute approximate surface area is 159 Å². The van der Waals surface area contributed by atoms with Gasteiger partial charge in [0.25, 0.3) is 0 Å². The third kappa shape index (κ3) is 4.84. The van der Waals surface area contributed by atoms with Gasteiger partial charge in [0, 0.05) is 32.0 Å². The number of hydrogen-bond donors (Lipinski definition) is 2. The smallest absolute Gasteiger partial charge is 0.237 e. The van der Waals surface area contributed by atoms with Gasteiger partial charge in [-0.1, -0.05) is 12.1 Å². The quantitative estimate of drug-likeness (QED) is 0.824. The van der Waals surface area contributed by atoms with Crippen LogP contribution in [0.4, 0.5) is 4.39 Å². The van der Waals surface area contributed by atoms with Gasteiger partial charge in [-0.15, -0.1) is 24.8 Å². The van der Waals surface area contributed by atoms with Crippen molar-refractivity contribution in [1.29, 1.82) is 0 Å². The van der Waals surface area contributed by atoms with Crippen LogP contribution in [0.2, 0.25) is 0 Å². The van der Waals surface area contributed by atoms with E-state index < -0.39 is 12.2 Å². The number of carbonyl (C=O) groups is 1. The summed E-state index contributed by atoms with van der Waals surface area (Å²) in [4.78, 5) is 16.7. The summed E-state index contributed by atoms with van der Waals surface area (Å²) in [7, 11) is 0. The normalized spacial score (nSPS) is 19.5. The summed E-state index contributed by atoms with van der Waals surface area (Å²) in [6.07, 6.45) is -0.00310. The molecule has 1 aliphatic rings. The molecule has 25 heavy (non-hydrogen) atoms. The molecule has 1 aromatic carbocycles. The number of carbonyl (C=O) groups excluding carboxylic acids is 1. The molecular formula is C17H25Cl2FN4O. The summed E-state index contributed by atoms with van der Waals surface area (Å²) in [5, 5.41) is 5.78.